The summed E-state index contributed by atoms with van der Waals surface area (Å²) in [4.78, 5) is 6.52. The van der Waals surface area contributed by atoms with Crippen LogP contribution in [0.3, 0.4) is 0 Å². The largest absolute Gasteiger partial charge is 0.367 e. The highest BCUT2D eigenvalue weighted by atomic mass is 16.5. The summed E-state index contributed by atoms with van der Waals surface area (Å²) in [7, 11) is 2.06. The zero-order valence-electron chi connectivity index (χ0n) is 9.56. The number of nitrogens with zero attached hydrogens (tertiary/aromatic N) is 3. The fourth-order valence-corrected chi connectivity index (χ4v) is 1.69. The molecule has 2 rings (SSSR count). The van der Waals surface area contributed by atoms with Crippen LogP contribution < -0.4 is 5.73 Å². The van der Waals surface area contributed by atoms with Crippen LogP contribution >= 0.6 is 0 Å². The van der Waals surface area contributed by atoms with Gasteiger partial charge in [-0.25, -0.2) is 0 Å². The smallest absolute Gasteiger partial charge is 0.226 e. The van der Waals surface area contributed by atoms with Crippen LogP contribution in [0.2, 0.25) is 0 Å². The maximum atomic E-state index is 5.60. The Balaban J connectivity index is 1.95. The molecule has 1 aromatic heterocycles. The molecule has 1 aliphatic rings. The molecule has 0 spiro atoms. The standard InChI is InChI=1S/C10H18N4O2/c1-14-5-6-15-8(7-14)10-12-9(16-13-10)3-2-4-11/h8H,2-7,11H2,1H3. The number of aromatic nitrogens is 2. The monoisotopic (exact) mass is 226 g/mol. The zero-order valence-corrected chi connectivity index (χ0v) is 9.56. The summed E-state index contributed by atoms with van der Waals surface area (Å²) in [6.45, 7) is 3.12. The van der Waals surface area contributed by atoms with Crippen LogP contribution in [-0.2, 0) is 11.2 Å². The van der Waals surface area contributed by atoms with Crippen molar-refractivity contribution < 1.29 is 9.26 Å². The fourth-order valence-electron chi connectivity index (χ4n) is 1.69. The summed E-state index contributed by atoms with van der Waals surface area (Å²) in [5.74, 6) is 1.30. The summed E-state index contributed by atoms with van der Waals surface area (Å²) in [6, 6.07) is 0. The SMILES string of the molecule is CN1CCOC(c2noc(CCCN)n2)C1. The average molecular weight is 226 g/mol. The number of hydrogen-bond donors (Lipinski definition) is 1. The first-order valence-corrected chi connectivity index (χ1v) is 5.62. The van der Waals surface area contributed by atoms with Crippen molar-refractivity contribution in [2.75, 3.05) is 33.3 Å². The van der Waals surface area contributed by atoms with Gasteiger partial charge in [-0.2, -0.15) is 4.98 Å². The van der Waals surface area contributed by atoms with Crippen molar-refractivity contribution >= 4 is 0 Å². The number of nitrogens with two attached hydrogens (primary N) is 1. The summed E-state index contributed by atoms with van der Waals surface area (Å²) in [6.07, 6.45) is 1.55. The zero-order chi connectivity index (χ0) is 11.4. The van der Waals surface area contributed by atoms with Crippen LogP contribution in [0.25, 0.3) is 0 Å². The molecule has 1 aromatic rings. The lowest BCUT2D eigenvalue weighted by atomic mass is 10.2. The van der Waals surface area contributed by atoms with Gasteiger partial charge in [-0.15, -0.1) is 0 Å². The van der Waals surface area contributed by atoms with Crippen LogP contribution in [0, 0.1) is 0 Å². The highest BCUT2D eigenvalue weighted by molar-refractivity contribution is 4.94. The van der Waals surface area contributed by atoms with Crippen molar-refractivity contribution in [2.45, 2.75) is 18.9 Å². The van der Waals surface area contributed by atoms with Gasteiger partial charge in [0.05, 0.1) is 6.61 Å². The van der Waals surface area contributed by atoms with E-state index in [0.717, 1.165) is 25.9 Å². The van der Waals surface area contributed by atoms with Gasteiger partial charge in [-0.05, 0) is 20.0 Å². The predicted octanol–water partition coefficient (Wildman–Crippen LogP) is -0.0360. The lowest BCUT2D eigenvalue weighted by Crippen LogP contribution is -2.35. The number of morpholine rings is 1. The molecule has 6 heteroatoms. The Labute approximate surface area is 94.7 Å². The van der Waals surface area contributed by atoms with Crippen LogP contribution in [0.1, 0.15) is 24.2 Å². The Bertz CT molecular complexity index is 328. The van der Waals surface area contributed by atoms with E-state index in [9.17, 15) is 0 Å². The maximum Gasteiger partial charge on any atom is 0.226 e. The Kier molecular flexibility index (Phi) is 3.87. The number of rotatable bonds is 4. The van der Waals surface area contributed by atoms with Crippen LogP contribution in [-0.4, -0.2) is 48.3 Å². The van der Waals surface area contributed by atoms with Crippen molar-refractivity contribution in [2.24, 2.45) is 5.73 Å². The molecule has 0 amide bonds. The fraction of sp³-hybridized carbons (Fsp3) is 0.800. The third-order valence-electron chi connectivity index (χ3n) is 2.64. The molecule has 0 aliphatic carbocycles. The molecule has 2 N–H and O–H groups in total. The second-order valence-electron chi connectivity index (χ2n) is 4.06. The van der Waals surface area contributed by atoms with Crippen molar-refractivity contribution in [3.05, 3.63) is 11.7 Å². The number of aryl methyl sites for hydroxylation is 1. The lowest BCUT2D eigenvalue weighted by Gasteiger charge is -2.27. The maximum absolute atomic E-state index is 5.60. The molecule has 0 saturated carbocycles. The highest BCUT2D eigenvalue weighted by Crippen LogP contribution is 2.18. The molecule has 6 nitrogen and oxygen atoms in total. The average Bonchev–Trinajstić information content (AvgIpc) is 2.75. The van der Waals surface area contributed by atoms with E-state index in [4.69, 9.17) is 15.0 Å². The van der Waals surface area contributed by atoms with Crippen molar-refractivity contribution in [1.29, 1.82) is 0 Å². The molecule has 90 valence electrons. The summed E-state index contributed by atoms with van der Waals surface area (Å²) in [5.41, 5.74) is 5.42. The first-order chi connectivity index (χ1) is 7.79. The van der Waals surface area contributed by atoms with Gasteiger partial charge in [0.25, 0.3) is 0 Å². The molecule has 2 heterocycles. The molecule has 1 atom stereocenters. The van der Waals surface area contributed by atoms with E-state index in [1.807, 2.05) is 0 Å². The molecule has 0 radical (unpaired) electrons. The minimum absolute atomic E-state index is 0.0610. The second kappa shape index (κ2) is 5.38. The van der Waals surface area contributed by atoms with Crippen LogP contribution in [0.4, 0.5) is 0 Å². The number of likely N-dealkylation sites (N-methyl/N-ethyl adjacent to an activating group) is 1. The van der Waals surface area contributed by atoms with Gasteiger partial charge in [0.1, 0.15) is 6.10 Å². The summed E-state index contributed by atoms with van der Waals surface area (Å²) >= 11 is 0. The van der Waals surface area contributed by atoms with Gasteiger partial charge in [0.15, 0.2) is 0 Å². The van der Waals surface area contributed by atoms with Gasteiger partial charge in [0, 0.05) is 19.5 Å². The predicted molar refractivity (Wildman–Crippen MR) is 57.9 cm³/mol. The van der Waals surface area contributed by atoms with Gasteiger partial charge in [-0.3, -0.25) is 0 Å². The van der Waals surface area contributed by atoms with E-state index in [1.54, 1.807) is 0 Å². The Hall–Kier alpha value is -0.980. The minimum atomic E-state index is -0.0610. The van der Waals surface area contributed by atoms with Crippen molar-refractivity contribution in [3.8, 4) is 0 Å². The van der Waals surface area contributed by atoms with E-state index >= 15 is 0 Å². The van der Waals surface area contributed by atoms with Gasteiger partial charge in [0.2, 0.25) is 11.7 Å². The normalized spacial score (nSPS) is 22.5. The van der Waals surface area contributed by atoms with Crippen LogP contribution in [0.15, 0.2) is 4.52 Å². The molecular weight excluding hydrogens is 208 g/mol. The molecule has 1 unspecified atom stereocenters. The van der Waals surface area contributed by atoms with Gasteiger partial charge in [-0.1, -0.05) is 5.16 Å². The quantitative estimate of drug-likeness (QED) is 0.776. The molecule has 1 fully saturated rings. The Morgan fingerprint density at radius 2 is 2.44 bits per heavy atom. The Morgan fingerprint density at radius 3 is 3.19 bits per heavy atom. The molecule has 16 heavy (non-hydrogen) atoms. The minimum Gasteiger partial charge on any atom is -0.367 e. The van der Waals surface area contributed by atoms with Gasteiger partial charge >= 0.3 is 0 Å². The van der Waals surface area contributed by atoms with E-state index in [1.165, 1.54) is 0 Å². The van der Waals surface area contributed by atoms with Crippen molar-refractivity contribution in [1.82, 2.24) is 15.0 Å². The number of hydrogen-bond acceptors (Lipinski definition) is 6. The molecule has 0 bridgehead atoms. The summed E-state index contributed by atoms with van der Waals surface area (Å²) in [5, 5.41) is 3.95. The molecule has 1 saturated heterocycles. The first-order valence-electron chi connectivity index (χ1n) is 5.62. The molecule has 0 aromatic carbocycles. The third-order valence-corrected chi connectivity index (χ3v) is 2.64. The Morgan fingerprint density at radius 1 is 1.56 bits per heavy atom. The molecular formula is C10H18N4O2. The number of ether oxygens (including phenoxy) is 1. The van der Waals surface area contributed by atoms with Crippen molar-refractivity contribution in [3.63, 3.8) is 0 Å². The lowest BCUT2D eigenvalue weighted by molar-refractivity contribution is -0.0264. The highest BCUT2D eigenvalue weighted by Gasteiger charge is 2.24. The first kappa shape index (κ1) is 11.5. The summed E-state index contributed by atoms with van der Waals surface area (Å²) < 4.78 is 10.7. The third kappa shape index (κ3) is 2.78. The van der Waals surface area contributed by atoms with Crippen LogP contribution in [0.5, 0.6) is 0 Å². The van der Waals surface area contributed by atoms with Gasteiger partial charge < -0.3 is 19.9 Å². The molecule has 1 aliphatic heterocycles. The van der Waals surface area contributed by atoms with E-state index in [-0.39, 0.29) is 6.10 Å². The van der Waals surface area contributed by atoms with E-state index in [0.29, 0.717) is 24.9 Å². The topological polar surface area (TPSA) is 77.4 Å². The van der Waals surface area contributed by atoms with E-state index in [2.05, 4.69) is 22.1 Å². The van der Waals surface area contributed by atoms with E-state index < -0.39 is 0 Å². The second-order valence-corrected chi connectivity index (χ2v) is 4.06.